The van der Waals surface area contributed by atoms with Crippen LogP contribution >= 0.6 is 22.7 Å². The number of hydrogen-bond acceptors (Lipinski definition) is 6. The molecule has 0 spiro atoms. The lowest BCUT2D eigenvalue weighted by Gasteiger charge is -2.54. The Bertz CT molecular complexity index is 991. The Kier molecular flexibility index (Phi) is 6.31. The van der Waals surface area contributed by atoms with Gasteiger partial charge in [0.05, 0.1) is 32.8 Å². The van der Waals surface area contributed by atoms with Crippen LogP contribution in [0.4, 0.5) is 0 Å². The van der Waals surface area contributed by atoms with Crippen LogP contribution in [0.1, 0.15) is 36.8 Å². The summed E-state index contributed by atoms with van der Waals surface area (Å²) in [5.74, 6) is 0.377. The SMILES string of the molecule is O=C(OC12CC[N+](CCCOc3ccccc3)(CC1)CC2)C(O)(c1ccsc1)c1ccsc1. The van der Waals surface area contributed by atoms with Crippen molar-refractivity contribution in [3.05, 3.63) is 75.1 Å². The van der Waals surface area contributed by atoms with E-state index in [2.05, 4.69) is 0 Å². The van der Waals surface area contributed by atoms with Gasteiger partial charge in [0.1, 0.15) is 11.4 Å². The van der Waals surface area contributed by atoms with Crippen LogP contribution in [0.3, 0.4) is 0 Å². The lowest BCUT2D eigenvalue weighted by Crippen LogP contribution is -2.66. The van der Waals surface area contributed by atoms with E-state index in [1.807, 2.05) is 64.0 Å². The molecule has 3 aromatic rings. The molecule has 0 atom stereocenters. The van der Waals surface area contributed by atoms with Gasteiger partial charge < -0.3 is 19.1 Å². The molecule has 174 valence electrons. The molecule has 5 nitrogen and oxygen atoms in total. The van der Waals surface area contributed by atoms with Crippen molar-refractivity contribution < 1.29 is 23.9 Å². The Hall–Kier alpha value is -2.19. The fraction of sp³-hybridized carbons (Fsp3) is 0.423. The van der Waals surface area contributed by atoms with Crippen molar-refractivity contribution in [3.8, 4) is 5.75 Å². The smallest absolute Gasteiger partial charge is 0.348 e. The number of carbonyl (C=O) groups excluding carboxylic acids is 1. The van der Waals surface area contributed by atoms with Gasteiger partial charge in [-0.15, -0.1) is 0 Å². The summed E-state index contributed by atoms with van der Waals surface area (Å²) in [6, 6.07) is 13.6. The van der Waals surface area contributed by atoms with Crippen LogP contribution < -0.4 is 4.74 Å². The number of quaternary nitrogens is 1. The minimum absolute atomic E-state index is 0.461. The molecule has 2 bridgehead atoms. The van der Waals surface area contributed by atoms with E-state index in [-0.39, 0.29) is 0 Å². The van der Waals surface area contributed by atoms with E-state index in [0.717, 1.165) is 68.7 Å². The molecular formula is C26H30NO4S2+. The van der Waals surface area contributed by atoms with Gasteiger partial charge in [0.25, 0.3) is 0 Å². The number of aliphatic hydroxyl groups is 1. The van der Waals surface area contributed by atoms with E-state index in [9.17, 15) is 9.90 Å². The van der Waals surface area contributed by atoms with Gasteiger partial charge in [-0.3, -0.25) is 0 Å². The number of benzene rings is 1. The summed E-state index contributed by atoms with van der Waals surface area (Å²) in [7, 11) is 0. The Labute approximate surface area is 202 Å². The minimum Gasteiger partial charge on any atom is -0.493 e. The number of para-hydroxylation sites is 1. The first kappa shape index (κ1) is 22.6. The van der Waals surface area contributed by atoms with Crippen molar-refractivity contribution in [1.29, 1.82) is 0 Å². The average molecular weight is 485 g/mol. The predicted molar refractivity (Wildman–Crippen MR) is 131 cm³/mol. The summed E-state index contributed by atoms with van der Waals surface area (Å²) in [4.78, 5) is 13.5. The number of ether oxygens (including phenoxy) is 2. The van der Waals surface area contributed by atoms with Crippen molar-refractivity contribution in [2.45, 2.75) is 36.9 Å². The summed E-state index contributed by atoms with van der Waals surface area (Å²) in [6.45, 7) is 4.83. The minimum atomic E-state index is -1.75. The highest BCUT2D eigenvalue weighted by Crippen LogP contribution is 2.43. The topological polar surface area (TPSA) is 55.8 Å². The van der Waals surface area contributed by atoms with Crippen LogP contribution in [0.15, 0.2) is 64.0 Å². The normalized spacial score (nSPS) is 24.5. The third-order valence-corrected chi connectivity index (χ3v) is 8.76. The standard InChI is InChI=1S/C26H30NO4S2/c28-24(26(29,21-7-17-32-19-21)22-8-18-33-20-22)31-25-9-13-27(14-10-25,15-11-25)12-4-16-30-23-5-2-1-3-6-23/h1-3,5-8,17-20,29H,4,9-16H2/q+1. The lowest BCUT2D eigenvalue weighted by atomic mass is 9.80. The van der Waals surface area contributed by atoms with Crippen LogP contribution in [0.2, 0.25) is 0 Å². The van der Waals surface area contributed by atoms with E-state index in [0.29, 0.717) is 11.1 Å². The monoisotopic (exact) mass is 484 g/mol. The van der Waals surface area contributed by atoms with Gasteiger partial charge in [0.15, 0.2) is 0 Å². The van der Waals surface area contributed by atoms with E-state index in [1.165, 1.54) is 22.7 Å². The van der Waals surface area contributed by atoms with E-state index in [1.54, 1.807) is 0 Å². The summed E-state index contributed by atoms with van der Waals surface area (Å²) >= 11 is 2.94. The third-order valence-electron chi connectivity index (χ3n) is 7.40. The zero-order valence-electron chi connectivity index (χ0n) is 18.7. The fourth-order valence-corrected chi connectivity index (χ4v) is 6.64. The van der Waals surface area contributed by atoms with E-state index in [4.69, 9.17) is 9.47 Å². The van der Waals surface area contributed by atoms with Gasteiger partial charge in [-0.05, 0) is 45.8 Å². The average Bonchev–Trinajstić information content (AvgIpc) is 3.59. The number of fused-ring (bicyclic) bond motifs is 3. The number of nitrogens with zero attached hydrogens (tertiary/aromatic N) is 1. The van der Waals surface area contributed by atoms with Gasteiger partial charge in [0.2, 0.25) is 5.60 Å². The number of hydrogen-bond donors (Lipinski definition) is 1. The van der Waals surface area contributed by atoms with Crippen molar-refractivity contribution in [3.63, 3.8) is 0 Å². The van der Waals surface area contributed by atoms with E-state index < -0.39 is 17.2 Å². The first-order valence-electron chi connectivity index (χ1n) is 11.6. The van der Waals surface area contributed by atoms with Gasteiger partial charge in [-0.25, -0.2) is 4.79 Å². The summed E-state index contributed by atoms with van der Waals surface area (Å²) in [6.07, 6.45) is 3.56. The molecule has 3 fully saturated rings. The molecule has 1 aromatic carbocycles. The van der Waals surface area contributed by atoms with E-state index >= 15 is 0 Å². The highest BCUT2D eigenvalue weighted by atomic mass is 32.1. The lowest BCUT2D eigenvalue weighted by molar-refractivity contribution is -0.944. The number of rotatable bonds is 9. The van der Waals surface area contributed by atoms with Crippen LogP contribution in [-0.2, 0) is 15.1 Å². The van der Waals surface area contributed by atoms with Crippen molar-refractivity contribution in [2.75, 3.05) is 32.8 Å². The molecule has 33 heavy (non-hydrogen) atoms. The van der Waals surface area contributed by atoms with Crippen LogP contribution in [0.25, 0.3) is 0 Å². The second kappa shape index (κ2) is 9.22. The molecule has 7 heteroatoms. The Morgan fingerprint density at radius 1 is 0.970 bits per heavy atom. The van der Waals surface area contributed by atoms with Gasteiger partial charge in [0, 0.05) is 36.8 Å². The first-order valence-corrected chi connectivity index (χ1v) is 13.5. The first-order chi connectivity index (χ1) is 16.0. The Balaban J connectivity index is 1.20. The maximum atomic E-state index is 13.5. The number of thiophene rings is 2. The molecule has 0 radical (unpaired) electrons. The molecule has 0 amide bonds. The molecule has 6 rings (SSSR count). The highest BCUT2D eigenvalue weighted by Gasteiger charge is 2.54. The number of esters is 1. The molecule has 1 N–H and O–H groups in total. The Morgan fingerprint density at radius 2 is 1.58 bits per heavy atom. The molecule has 5 heterocycles. The largest absolute Gasteiger partial charge is 0.493 e. The van der Waals surface area contributed by atoms with Gasteiger partial charge in [-0.2, -0.15) is 22.7 Å². The maximum Gasteiger partial charge on any atom is 0.348 e. The molecule has 2 aromatic heterocycles. The number of piperidine rings is 3. The second-order valence-electron chi connectivity index (χ2n) is 9.31. The summed E-state index contributed by atoms with van der Waals surface area (Å²) in [5.41, 5.74) is -1.04. The summed E-state index contributed by atoms with van der Waals surface area (Å²) in [5, 5.41) is 19.0. The van der Waals surface area contributed by atoms with Crippen molar-refractivity contribution >= 4 is 28.6 Å². The molecule has 3 aliphatic rings. The second-order valence-corrected chi connectivity index (χ2v) is 10.9. The molecule has 0 aliphatic carbocycles. The fourth-order valence-electron chi connectivity index (χ4n) is 5.24. The molecule has 0 unspecified atom stereocenters. The number of carbonyl (C=O) groups is 1. The zero-order chi connectivity index (χ0) is 22.8. The molecule has 3 saturated heterocycles. The van der Waals surface area contributed by atoms with Crippen molar-refractivity contribution in [2.24, 2.45) is 0 Å². The predicted octanol–water partition coefficient (Wildman–Crippen LogP) is 4.81. The third kappa shape index (κ3) is 4.47. The summed E-state index contributed by atoms with van der Waals surface area (Å²) < 4.78 is 13.1. The zero-order valence-corrected chi connectivity index (χ0v) is 20.3. The molecule has 3 aliphatic heterocycles. The maximum absolute atomic E-state index is 13.5. The van der Waals surface area contributed by atoms with Crippen LogP contribution in [-0.4, -0.2) is 53.9 Å². The highest BCUT2D eigenvalue weighted by molar-refractivity contribution is 7.08. The molecule has 0 saturated carbocycles. The Morgan fingerprint density at radius 3 is 2.12 bits per heavy atom. The molecular weight excluding hydrogens is 454 g/mol. The van der Waals surface area contributed by atoms with Crippen LogP contribution in [0.5, 0.6) is 5.75 Å². The van der Waals surface area contributed by atoms with Gasteiger partial charge in [-0.1, -0.05) is 18.2 Å². The van der Waals surface area contributed by atoms with Gasteiger partial charge >= 0.3 is 5.97 Å². The quantitative estimate of drug-likeness (QED) is 0.269. The van der Waals surface area contributed by atoms with Crippen LogP contribution in [0, 0.1) is 0 Å². The van der Waals surface area contributed by atoms with Crippen molar-refractivity contribution in [1.82, 2.24) is 0 Å².